The summed E-state index contributed by atoms with van der Waals surface area (Å²) in [5.41, 5.74) is 0.925. The Morgan fingerprint density at radius 2 is 1.76 bits per heavy atom. The molecule has 0 saturated carbocycles. The second-order valence-electron chi connectivity index (χ2n) is 4.94. The molecule has 114 valence electrons. The Morgan fingerprint density at radius 3 is 2.33 bits per heavy atom. The van der Waals surface area contributed by atoms with Crippen LogP contribution >= 0.6 is 0 Å². The molecule has 0 aliphatic rings. The smallest absolute Gasteiger partial charge is 0.213 e. The molecule has 0 aliphatic heterocycles. The van der Waals surface area contributed by atoms with Crippen LogP contribution in [-0.2, 0) is 13.0 Å². The van der Waals surface area contributed by atoms with E-state index in [1.165, 1.54) is 0 Å². The summed E-state index contributed by atoms with van der Waals surface area (Å²) in [4.78, 5) is 13.3. The molecule has 0 saturated heterocycles. The second kappa shape index (κ2) is 7.06. The van der Waals surface area contributed by atoms with Crippen molar-refractivity contribution in [2.24, 2.45) is 0 Å². The van der Waals surface area contributed by atoms with Gasteiger partial charge < -0.3 is 15.1 Å². The lowest BCUT2D eigenvalue weighted by Crippen LogP contribution is -2.08. The molecule has 0 unspecified atom stereocenters. The number of oxazole rings is 1. The first-order valence-electron chi connectivity index (χ1n) is 7.41. The first-order chi connectivity index (χ1) is 10.1. The minimum Gasteiger partial charge on any atom is -0.444 e. The molecule has 2 heterocycles. The molecule has 0 spiro atoms. The predicted octanol–water partition coefficient (Wildman–Crippen LogP) is 3.08. The van der Waals surface area contributed by atoms with E-state index in [0.29, 0.717) is 12.4 Å². The van der Waals surface area contributed by atoms with E-state index in [4.69, 9.17) is 4.42 Å². The largest absolute Gasteiger partial charge is 0.444 e. The molecule has 2 aromatic heterocycles. The van der Waals surface area contributed by atoms with Gasteiger partial charge in [-0.05, 0) is 20.3 Å². The number of nitrogens with one attached hydrogen (secondary N) is 2. The summed E-state index contributed by atoms with van der Waals surface area (Å²) in [6.07, 6.45) is 1.86. The van der Waals surface area contributed by atoms with Crippen molar-refractivity contribution in [3.05, 3.63) is 29.2 Å². The van der Waals surface area contributed by atoms with Gasteiger partial charge in [0.25, 0.3) is 0 Å². The summed E-state index contributed by atoms with van der Waals surface area (Å²) >= 11 is 0. The van der Waals surface area contributed by atoms with Gasteiger partial charge in [0, 0.05) is 19.0 Å². The minimum atomic E-state index is 0.516. The lowest BCUT2D eigenvalue weighted by molar-refractivity contribution is 0.478. The summed E-state index contributed by atoms with van der Waals surface area (Å²) in [7, 11) is 0. The van der Waals surface area contributed by atoms with Crippen molar-refractivity contribution in [2.75, 3.05) is 17.2 Å². The monoisotopic (exact) mass is 289 g/mol. The molecule has 0 amide bonds. The van der Waals surface area contributed by atoms with Gasteiger partial charge in [-0.1, -0.05) is 13.8 Å². The Morgan fingerprint density at radius 1 is 1.05 bits per heavy atom. The SMILES string of the molecule is CCCNc1cc(NCc2nc(C)c(C)o2)nc(CC)n1. The third-order valence-electron chi connectivity index (χ3n) is 3.14. The molecular formula is C15H23N5O. The molecule has 6 nitrogen and oxygen atoms in total. The van der Waals surface area contributed by atoms with Crippen molar-refractivity contribution >= 4 is 11.6 Å². The molecule has 0 aliphatic carbocycles. The van der Waals surface area contributed by atoms with Crippen LogP contribution < -0.4 is 10.6 Å². The Hall–Kier alpha value is -2.11. The molecule has 2 N–H and O–H groups in total. The van der Waals surface area contributed by atoms with E-state index in [1.807, 2.05) is 26.8 Å². The third-order valence-corrected chi connectivity index (χ3v) is 3.14. The van der Waals surface area contributed by atoms with Gasteiger partial charge in [-0.25, -0.2) is 15.0 Å². The summed E-state index contributed by atoms with van der Waals surface area (Å²) in [6.45, 7) is 9.44. The molecule has 0 radical (unpaired) electrons. The lowest BCUT2D eigenvalue weighted by atomic mass is 10.4. The van der Waals surface area contributed by atoms with Crippen LogP contribution in [0, 0.1) is 13.8 Å². The van der Waals surface area contributed by atoms with Crippen molar-refractivity contribution in [2.45, 2.75) is 47.1 Å². The fourth-order valence-corrected chi connectivity index (χ4v) is 1.87. The van der Waals surface area contributed by atoms with Crippen molar-refractivity contribution in [3.8, 4) is 0 Å². The van der Waals surface area contributed by atoms with Crippen LogP contribution in [0.2, 0.25) is 0 Å². The van der Waals surface area contributed by atoms with Gasteiger partial charge in [-0.3, -0.25) is 0 Å². The summed E-state index contributed by atoms with van der Waals surface area (Å²) in [5, 5.41) is 6.54. The zero-order chi connectivity index (χ0) is 15.2. The number of aryl methyl sites for hydroxylation is 3. The minimum absolute atomic E-state index is 0.516. The van der Waals surface area contributed by atoms with Crippen LogP contribution in [0.25, 0.3) is 0 Å². The average molecular weight is 289 g/mol. The van der Waals surface area contributed by atoms with E-state index < -0.39 is 0 Å². The molecule has 0 fully saturated rings. The lowest BCUT2D eigenvalue weighted by Gasteiger charge is -2.09. The molecule has 0 bridgehead atoms. The van der Waals surface area contributed by atoms with Crippen LogP contribution in [0.5, 0.6) is 0 Å². The highest BCUT2D eigenvalue weighted by atomic mass is 16.4. The normalized spacial score (nSPS) is 10.7. The molecule has 0 aromatic carbocycles. The molecular weight excluding hydrogens is 266 g/mol. The zero-order valence-corrected chi connectivity index (χ0v) is 13.2. The van der Waals surface area contributed by atoms with Crippen molar-refractivity contribution in [3.63, 3.8) is 0 Å². The van der Waals surface area contributed by atoms with Crippen molar-refractivity contribution in [1.29, 1.82) is 0 Å². The molecule has 2 rings (SSSR count). The third kappa shape index (κ3) is 4.18. The number of hydrogen-bond acceptors (Lipinski definition) is 6. The maximum absolute atomic E-state index is 5.56. The van der Waals surface area contributed by atoms with Gasteiger partial charge in [0.1, 0.15) is 23.2 Å². The number of nitrogens with zero attached hydrogens (tertiary/aromatic N) is 3. The van der Waals surface area contributed by atoms with Crippen molar-refractivity contribution < 1.29 is 4.42 Å². The van der Waals surface area contributed by atoms with Crippen LogP contribution in [0.4, 0.5) is 11.6 Å². The van der Waals surface area contributed by atoms with Crippen LogP contribution in [0.3, 0.4) is 0 Å². The Kier molecular flexibility index (Phi) is 5.14. The van der Waals surface area contributed by atoms with Crippen LogP contribution in [0.1, 0.15) is 43.4 Å². The average Bonchev–Trinajstić information content (AvgIpc) is 2.81. The summed E-state index contributed by atoms with van der Waals surface area (Å²) in [5.74, 6) is 3.98. The predicted molar refractivity (Wildman–Crippen MR) is 83.5 cm³/mol. The van der Waals surface area contributed by atoms with Gasteiger partial charge in [0.15, 0.2) is 0 Å². The molecule has 0 atom stereocenters. The molecule has 21 heavy (non-hydrogen) atoms. The van der Waals surface area contributed by atoms with Gasteiger partial charge >= 0.3 is 0 Å². The summed E-state index contributed by atoms with van der Waals surface area (Å²) in [6, 6.07) is 1.91. The van der Waals surface area contributed by atoms with Gasteiger partial charge in [-0.15, -0.1) is 0 Å². The molecule has 2 aromatic rings. The fourth-order valence-electron chi connectivity index (χ4n) is 1.87. The maximum atomic E-state index is 5.56. The molecule has 6 heteroatoms. The highest BCUT2D eigenvalue weighted by molar-refractivity contribution is 5.47. The number of anilines is 2. The Labute approximate surface area is 125 Å². The number of aromatic nitrogens is 3. The quantitative estimate of drug-likeness (QED) is 0.815. The Balaban J connectivity index is 2.07. The summed E-state index contributed by atoms with van der Waals surface area (Å²) < 4.78 is 5.56. The van der Waals surface area contributed by atoms with Crippen LogP contribution in [-0.4, -0.2) is 21.5 Å². The van der Waals surface area contributed by atoms with Gasteiger partial charge in [0.2, 0.25) is 5.89 Å². The van der Waals surface area contributed by atoms with E-state index in [1.54, 1.807) is 0 Å². The fraction of sp³-hybridized carbons (Fsp3) is 0.533. The second-order valence-corrected chi connectivity index (χ2v) is 4.94. The van der Waals surface area contributed by atoms with E-state index in [0.717, 1.165) is 48.3 Å². The highest BCUT2D eigenvalue weighted by Gasteiger charge is 2.07. The first kappa shape index (κ1) is 15.3. The van der Waals surface area contributed by atoms with Gasteiger partial charge in [-0.2, -0.15) is 0 Å². The Bertz CT molecular complexity index is 574. The van der Waals surface area contributed by atoms with Crippen LogP contribution in [0.15, 0.2) is 10.5 Å². The zero-order valence-electron chi connectivity index (χ0n) is 13.2. The van der Waals surface area contributed by atoms with Gasteiger partial charge in [0.05, 0.1) is 12.2 Å². The maximum Gasteiger partial charge on any atom is 0.213 e. The van der Waals surface area contributed by atoms with E-state index in [2.05, 4.69) is 32.5 Å². The standard InChI is InChI=1S/C15H23N5O/c1-5-7-16-13-8-14(20-12(6-2)19-13)17-9-15-18-10(3)11(4)21-15/h8H,5-7,9H2,1-4H3,(H2,16,17,19,20). The highest BCUT2D eigenvalue weighted by Crippen LogP contribution is 2.14. The number of rotatable bonds is 7. The van der Waals surface area contributed by atoms with E-state index in [-0.39, 0.29) is 0 Å². The topological polar surface area (TPSA) is 75.9 Å². The first-order valence-corrected chi connectivity index (χ1v) is 7.41. The van der Waals surface area contributed by atoms with E-state index in [9.17, 15) is 0 Å². The number of hydrogen-bond donors (Lipinski definition) is 2. The van der Waals surface area contributed by atoms with E-state index >= 15 is 0 Å². The van der Waals surface area contributed by atoms with Crippen molar-refractivity contribution in [1.82, 2.24) is 15.0 Å².